The van der Waals surface area contributed by atoms with Crippen molar-refractivity contribution >= 4 is 25.8 Å². The van der Waals surface area contributed by atoms with Crippen LogP contribution in [-0.2, 0) is 16.3 Å². The van der Waals surface area contributed by atoms with Crippen LogP contribution in [0.25, 0.3) is 0 Å². The molecule has 0 radical (unpaired) electrons. The minimum Gasteiger partial charge on any atom is -0.229 e. The molecule has 0 N–H and O–H groups in total. The summed E-state index contributed by atoms with van der Waals surface area (Å²) >= 11 is 3.48. The zero-order chi connectivity index (χ0) is 13.6. The Morgan fingerprint density at radius 1 is 1.17 bits per heavy atom. The van der Waals surface area contributed by atoms with Crippen LogP contribution >= 0.6 is 15.9 Å². The number of sulfone groups is 1. The van der Waals surface area contributed by atoms with E-state index < -0.39 is 9.84 Å². The van der Waals surface area contributed by atoms with Crippen molar-refractivity contribution in [1.82, 2.24) is 0 Å². The van der Waals surface area contributed by atoms with Crippen molar-refractivity contribution in [3.63, 3.8) is 0 Å². The van der Waals surface area contributed by atoms with E-state index in [0.717, 1.165) is 18.2 Å². The van der Waals surface area contributed by atoms with Crippen molar-refractivity contribution in [2.24, 2.45) is 5.92 Å². The summed E-state index contributed by atoms with van der Waals surface area (Å²) in [6.07, 6.45) is 1.65. The molecule has 0 fully saturated rings. The minimum atomic E-state index is -2.92. The summed E-state index contributed by atoms with van der Waals surface area (Å²) in [5, 5.41) is 0.570. The zero-order valence-corrected chi connectivity index (χ0v) is 13.4. The third-order valence-electron chi connectivity index (χ3n) is 3.11. The van der Waals surface area contributed by atoms with E-state index in [2.05, 4.69) is 28.1 Å². The second kappa shape index (κ2) is 7.29. The lowest BCUT2D eigenvalue weighted by atomic mass is 9.99. The Morgan fingerprint density at radius 3 is 2.28 bits per heavy atom. The van der Waals surface area contributed by atoms with Gasteiger partial charge >= 0.3 is 0 Å². The van der Waals surface area contributed by atoms with Crippen LogP contribution in [0.1, 0.15) is 25.8 Å². The highest BCUT2D eigenvalue weighted by Gasteiger charge is 2.18. The van der Waals surface area contributed by atoms with Gasteiger partial charge in [0.1, 0.15) is 0 Å². The molecule has 0 aromatic heterocycles. The average molecular weight is 333 g/mol. The Kier molecular flexibility index (Phi) is 6.36. The maximum absolute atomic E-state index is 11.8. The molecule has 1 atom stereocenters. The van der Waals surface area contributed by atoms with E-state index in [1.54, 1.807) is 13.8 Å². The molecular formula is C14H21BrO2S. The fourth-order valence-electron chi connectivity index (χ4n) is 1.75. The van der Waals surface area contributed by atoms with Gasteiger partial charge in [-0.25, -0.2) is 8.42 Å². The van der Waals surface area contributed by atoms with Gasteiger partial charge in [-0.2, -0.15) is 0 Å². The normalized spacial score (nSPS) is 13.8. The molecule has 102 valence electrons. The number of hydrogen-bond acceptors (Lipinski definition) is 2. The summed E-state index contributed by atoms with van der Waals surface area (Å²) in [6.45, 7) is 3.49. The summed E-state index contributed by atoms with van der Waals surface area (Å²) in [4.78, 5) is 0. The molecule has 0 spiro atoms. The lowest BCUT2D eigenvalue weighted by Crippen LogP contribution is -2.21. The molecule has 1 unspecified atom stereocenters. The first kappa shape index (κ1) is 15.7. The summed E-state index contributed by atoms with van der Waals surface area (Å²) in [5.41, 5.74) is 1.27. The monoisotopic (exact) mass is 332 g/mol. The first-order valence-electron chi connectivity index (χ1n) is 6.27. The molecule has 0 saturated carbocycles. The topological polar surface area (TPSA) is 34.1 Å². The maximum atomic E-state index is 11.8. The third-order valence-corrected chi connectivity index (χ3v) is 6.27. The Labute approximate surface area is 119 Å². The fourth-order valence-corrected chi connectivity index (χ4v) is 3.43. The van der Waals surface area contributed by atoms with Crippen molar-refractivity contribution in [2.45, 2.75) is 31.9 Å². The summed E-state index contributed by atoms with van der Waals surface area (Å²) in [5.74, 6) is 0.661. The maximum Gasteiger partial charge on any atom is 0.152 e. The van der Waals surface area contributed by atoms with Gasteiger partial charge in [0.15, 0.2) is 9.84 Å². The molecular weight excluding hydrogens is 312 g/mol. The van der Waals surface area contributed by atoms with Gasteiger partial charge in [0.25, 0.3) is 0 Å². The summed E-state index contributed by atoms with van der Waals surface area (Å²) < 4.78 is 23.6. The van der Waals surface area contributed by atoms with E-state index in [1.807, 2.05) is 18.2 Å². The molecule has 0 amide bonds. The van der Waals surface area contributed by atoms with E-state index >= 15 is 0 Å². The van der Waals surface area contributed by atoms with Crippen molar-refractivity contribution in [3.8, 4) is 0 Å². The van der Waals surface area contributed by atoms with E-state index in [0.29, 0.717) is 5.92 Å². The average Bonchev–Trinajstić information content (AvgIpc) is 2.35. The van der Waals surface area contributed by atoms with Gasteiger partial charge < -0.3 is 0 Å². The Hall–Kier alpha value is -0.350. The molecule has 1 rings (SSSR count). The molecule has 0 saturated heterocycles. The number of alkyl halides is 1. The molecule has 0 aliphatic carbocycles. The van der Waals surface area contributed by atoms with Crippen LogP contribution in [0.3, 0.4) is 0 Å². The molecule has 0 aliphatic rings. The van der Waals surface area contributed by atoms with Crippen LogP contribution in [0.2, 0.25) is 0 Å². The summed E-state index contributed by atoms with van der Waals surface area (Å²) in [6, 6.07) is 10.2. The first-order chi connectivity index (χ1) is 8.45. The van der Waals surface area contributed by atoms with Gasteiger partial charge in [-0.1, -0.05) is 46.3 Å². The Bertz CT molecular complexity index is 440. The van der Waals surface area contributed by atoms with Crippen LogP contribution in [0, 0.1) is 5.92 Å². The number of rotatable bonds is 7. The second-order valence-corrected chi connectivity index (χ2v) is 8.24. The molecule has 0 aliphatic heterocycles. The molecule has 4 heteroatoms. The largest absolute Gasteiger partial charge is 0.229 e. The smallest absolute Gasteiger partial charge is 0.152 e. The SMILES string of the molecule is CC(C)S(=O)(=O)CCC(CBr)Cc1ccccc1. The first-order valence-corrected chi connectivity index (χ1v) is 9.11. The zero-order valence-electron chi connectivity index (χ0n) is 11.0. The highest BCUT2D eigenvalue weighted by Crippen LogP contribution is 2.17. The Balaban J connectivity index is 2.54. The van der Waals surface area contributed by atoms with Crippen LogP contribution in [-0.4, -0.2) is 24.8 Å². The van der Waals surface area contributed by atoms with E-state index in [4.69, 9.17) is 0 Å². The number of halogens is 1. The highest BCUT2D eigenvalue weighted by molar-refractivity contribution is 9.09. The third kappa shape index (κ3) is 5.11. The van der Waals surface area contributed by atoms with Gasteiger partial charge in [-0.15, -0.1) is 0 Å². The molecule has 1 aromatic rings. The van der Waals surface area contributed by atoms with Crippen molar-refractivity contribution in [3.05, 3.63) is 35.9 Å². The van der Waals surface area contributed by atoms with E-state index in [9.17, 15) is 8.42 Å². The molecule has 2 nitrogen and oxygen atoms in total. The molecule has 0 heterocycles. The fraction of sp³-hybridized carbons (Fsp3) is 0.571. The number of benzene rings is 1. The van der Waals surface area contributed by atoms with Crippen molar-refractivity contribution in [2.75, 3.05) is 11.1 Å². The second-order valence-electron chi connectivity index (χ2n) is 4.91. The van der Waals surface area contributed by atoms with E-state index in [1.165, 1.54) is 5.56 Å². The van der Waals surface area contributed by atoms with Crippen LogP contribution < -0.4 is 0 Å². The van der Waals surface area contributed by atoms with Crippen molar-refractivity contribution in [1.29, 1.82) is 0 Å². The standard InChI is InChI=1S/C14H21BrO2S/c1-12(2)18(16,17)9-8-14(11-15)10-13-6-4-3-5-7-13/h3-7,12,14H,8-11H2,1-2H3. The van der Waals surface area contributed by atoms with Gasteiger partial charge in [-0.05, 0) is 38.2 Å². The van der Waals surface area contributed by atoms with Crippen LogP contribution in [0.4, 0.5) is 0 Å². The molecule has 0 bridgehead atoms. The predicted molar refractivity (Wildman–Crippen MR) is 81.0 cm³/mol. The molecule has 1 aromatic carbocycles. The van der Waals surface area contributed by atoms with Gasteiger partial charge in [-0.3, -0.25) is 0 Å². The van der Waals surface area contributed by atoms with Gasteiger partial charge in [0.2, 0.25) is 0 Å². The van der Waals surface area contributed by atoms with Crippen molar-refractivity contribution < 1.29 is 8.42 Å². The van der Waals surface area contributed by atoms with Crippen LogP contribution in [0.5, 0.6) is 0 Å². The lowest BCUT2D eigenvalue weighted by Gasteiger charge is -2.15. The summed E-state index contributed by atoms with van der Waals surface area (Å²) in [7, 11) is -2.92. The lowest BCUT2D eigenvalue weighted by molar-refractivity contribution is 0.548. The highest BCUT2D eigenvalue weighted by atomic mass is 79.9. The predicted octanol–water partition coefficient (Wildman–Crippen LogP) is 3.45. The number of hydrogen-bond donors (Lipinski definition) is 0. The Morgan fingerprint density at radius 2 is 1.78 bits per heavy atom. The van der Waals surface area contributed by atoms with E-state index in [-0.39, 0.29) is 11.0 Å². The molecule has 18 heavy (non-hydrogen) atoms. The van der Waals surface area contributed by atoms with Gasteiger partial charge in [0, 0.05) is 5.33 Å². The van der Waals surface area contributed by atoms with Gasteiger partial charge in [0.05, 0.1) is 11.0 Å². The van der Waals surface area contributed by atoms with Crippen LogP contribution in [0.15, 0.2) is 30.3 Å². The minimum absolute atomic E-state index is 0.273. The quantitative estimate of drug-likeness (QED) is 0.716.